The van der Waals surface area contributed by atoms with Gasteiger partial charge in [-0.2, -0.15) is 0 Å². The van der Waals surface area contributed by atoms with Crippen molar-refractivity contribution in [1.82, 2.24) is 4.98 Å². The van der Waals surface area contributed by atoms with Crippen LogP contribution >= 0.6 is 0 Å². The van der Waals surface area contributed by atoms with E-state index in [9.17, 15) is 13.2 Å². The van der Waals surface area contributed by atoms with Gasteiger partial charge in [-0.25, -0.2) is 13.4 Å². The normalized spacial score (nSPS) is 11.2. The first kappa shape index (κ1) is 15.0. The highest BCUT2D eigenvalue weighted by molar-refractivity contribution is 7.92. The van der Waals surface area contributed by atoms with Crippen LogP contribution in [0.3, 0.4) is 0 Å². The minimum atomic E-state index is -3.58. The standard InChI is InChI=1S/C13H14N2O5S/c16-13(17)5-2-6-21(18,19)15-11-4-1-3-10(7-11)12-8-14-9-20-12/h1,3-4,7-9,15H,2,5-6H2,(H,16,17). The summed E-state index contributed by atoms with van der Waals surface area (Å²) in [5.74, 6) is -0.731. The predicted molar refractivity (Wildman–Crippen MR) is 76.2 cm³/mol. The van der Waals surface area contributed by atoms with Crippen LogP contribution in [0.5, 0.6) is 0 Å². The topological polar surface area (TPSA) is 110 Å². The Bertz CT molecular complexity index is 710. The fourth-order valence-electron chi connectivity index (χ4n) is 1.74. The van der Waals surface area contributed by atoms with E-state index < -0.39 is 16.0 Å². The first-order valence-electron chi connectivity index (χ1n) is 6.17. The Labute approximate surface area is 121 Å². The Morgan fingerprint density at radius 3 is 2.86 bits per heavy atom. The van der Waals surface area contributed by atoms with Crippen molar-refractivity contribution in [3.05, 3.63) is 36.9 Å². The third-order valence-corrected chi connectivity index (χ3v) is 4.03. The lowest BCUT2D eigenvalue weighted by Gasteiger charge is -2.08. The molecule has 7 nitrogen and oxygen atoms in total. The van der Waals surface area contributed by atoms with Crippen LogP contribution < -0.4 is 4.72 Å². The summed E-state index contributed by atoms with van der Waals surface area (Å²) in [6.45, 7) is 0. The van der Waals surface area contributed by atoms with E-state index in [1.54, 1.807) is 24.3 Å². The van der Waals surface area contributed by atoms with Gasteiger partial charge < -0.3 is 9.52 Å². The van der Waals surface area contributed by atoms with Crippen molar-refractivity contribution in [3.8, 4) is 11.3 Å². The second kappa shape index (κ2) is 6.40. The van der Waals surface area contributed by atoms with E-state index >= 15 is 0 Å². The van der Waals surface area contributed by atoms with Crippen molar-refractivity contribution in [3.63, 3.8) is 0 Å². The van der Waals surface area contributed by atoms with Crippen LogP contribution in [-0.2, 0) is 14.8 Å². The molecule has 0 aliphatic heterocycles. The Balaban J connectivity index is 2.05. The molecule has 1 heterocycles. The molecule has 0 fully saturated rings. The second-order valence-corrected chi connectivity index (χ2v) is 6.21. The number of sulfonamides is 1. The molecule has 0 bridgehead atoms. The molecule has 0 atom stereocenters. The molecule has 8 heteroatoms. The fraction of sp³-hybridized carbons (Fsp3) is 0.231. The smallest absolute Gasteiger partial charge is 0.303 e. The Kier molecular flexibility index (Phi) is 4.59. The minimum Gasteiger partial charge on any atom is -0.481 e. The molecule has 2 N–H and O–H groups in total. The van der Waals surface area contributed by atoms with Gasteiger partial charge in [0.1, 0.15) is 0 Å². The Hall–Kier alpha value is -2.35. The molecule has 21 heavy (non-hydrogen) atoms. The monoisotopic (exact) mass is 310 g/mol. The highest BCUT2D eigenvalue weighted by Gasteiger charge is 2.12. The number of carboxylic acids is 1. The highest BCUT2D eigenvalue weighted by atomic mass is 32.2. The molecule has 1 aromatic heterocycles. The number of hydrogen-bond donors (Lipinski definition) is 2. The number of aromatic nitrogens is 1. The van der Waals surface area contributed by atoms with Gasteiger partial charge >= 0.3 is 5.97 Å². The zero-order chi connectivity index (χ0) is 15.3. The van der Waals surface area contributed by atoms with Gasteiger partial charge in [0, 0.05) is 17.7 Å². The van der Waals surface area contributed by atoms with Crippen molar-refractivity contribution in [2.75, 3.05) is 10.5 Å². The minimum absolute atomic E-state index is 0.0620. The van der Waals surface area contributed by atoms with Crippen molar-refractivity contribution >= 4 is 21.7 Å². The van der Waals surface area contributed by atoms with Crippen molar-refractivity contribution in [2.45, 2.75) is 12.8 Å². The summed E-state index contributed by atoms with van der Waals surface area (Å²) in [6.07, 6.45) is 2.70. The van der Waals surface area contributed by atoms with Gasteiger partial charge in [0.15, 0.2) is 12.2 Å². The fourth-order valence-corrected chi connectivity index (χ4v) is 2.85. The molecule has 0 saturated carbocycles. The summed E-state index contributed by atoms with van der Waals surface area (Å²) >= 11 is 0. The van der Waals surface area contributed by atoms with E-state index in [4.69, 9.17) is 9.52 Å². The van der Waals surface area contributed by atoms with Crippen molar-refractivity contribution < 1.29 is 22.7 Å². The summed E-state index contributed by atoms with van der Waals surface area (Å²) in [6, 6.07) is 6.68. The zero-order valence-electron chi connectivity index (χ0n) is 11.0. The molecular weight excluding hydrogens is 296 g/mol. The van der Waals surface area contributed by atoms with E-state index in [1.807, 2.05) is 0 Å². The molecule has 1 aromatic carbocycles. The maximum absolute atomic E-state index is 11.8. The summed E-state index contributed by atoms with van der Waals surface area (Å²) in [4.78, 5) is 14.2. The van der Waals surface area contributed by atoms with Crippen LogP contribution in [0, 0.1) is 0 Å². The summed E-state index contributed by atoms with van der Waals surface area (Å²) in [5.41, 5.74) is 1.08. The van der Waals surface area contributed by atoms with E-state index in [2.05, 4.69) is 9.71 Å². The van der Waals surface area contributed by atoms with Gasteiger partial charge in [-0.15, -0.1) is 0 Å². The SMILES string of the molecule is O=C(O)CCCS(=O)(=O)Nc1cccc(-c2cnco2)c1. The van der Waals surface area contributed by atoms with E-state index in [1.165, 1.54) is 12.6 Å². The first-order valence-corrected chi connectivity index (χ1v) is 7.83. The van der Waals surface area contributed by atoms with E-state index in [-0.39, 0.29) is 18.6 Å². The molecule has 0 radical (unpaired) electrons. The van der Waals surface area contributed by atoms with Crippen LogP contribution in [0.25, 0.3) is 11.3 Å². The number of oxazole rings is 1. The molecule has 0 spiro atoms. The number of anilines is 1. The average Bonchev–Trinajstić information content (AvgIpc) is 2.91. The number of carboxylic acid groups (broad SMARTS) is 1. The molecular formula is C13H14N2O5S. The molecule has 2 aromatic rings. The van der Waals surface area contributed by atoms with Crippen molar-refractivity contribution in [2.24, 2.45) is 0 Å². The predicted octanol–water partition coefficient (Wildman–Crippen LogP) is 1.95. The van der Waals surface area contributed by atoms with Gasteiger partial charge in [0.2, 0.25) is 10.0 Å². The number of carbonyl (C=O) groups is 1. The number of aliphatic carboxylic acids is 1. The number of hydrogen-bond acceptors (Lipinski definition) is 5. The van der Waals surface area contributed by atoms with E-state index in [0.29, 0.717) is 17.0 Å². The van der Waals surface area contributed by atoms with Crippen molar-refractivity contribution in [1.29, 1.82) is 0 Å². The van der Waals surface area contributed by atoms with Gasteiger partial charge in [0.05, 0.1) is 11.9 Å². The molecule has 112 valence electrons. The van der Waals surface area contributed by atoms with Gasteiger partial charge in [0.25, 0.3) is 0 Å². The van der Waals surface area contributed by atoms with Crippen LogP contribution in [0.1, 0.15) is 12.8 Å². The molecule has 0 saturated heterocycles. The molecule has 0 aliphatic rings. The van der Waals surface area contributed by atoms with Gasteiger partial charge in [-0.1, -0.05) is 12.1 Å². The maximum Gasteiger partial charge on any atom is 0.303 e. The van der Waals surface area contributed by atoms with Crippen LogP contribution in [0.15, 0.2) is 41.3 Å². The molecule has 2 rings (SSSR count). The molecule has 0 unspecified atom stereocenters. The average molecular weight is 310 g/mol. The van der Waals surface area contributed by atoms with Gasteiger partial charge in [-0.3, -0.25) is 9.52 Å². The van der Waals surface area contributed by atoms with Crippen LogP contribution in [-0.4, -0.2) is 30.2 Å². The lowest BCUT2D eigenvalue weighted by molar-refractivity contribution is -0.137. The second-order valence-electron chi connectivity index (χ2n) is 4.36. The number of nitrogens with zero attached hydrogens (tertiary/aromatic N) is 1. The zero-order valence-corrected chi connectivity index (χ0v) is 11.8. The number of benzene rings is 1. The highest BCUT2D eigenvalue weighted by Crippen LogP contribution is 2.22. The number of rotatable bonds is 7. The van der Waals surface area contributed by atoms with Gasteiger partial charge in [-0.05, 0) is 18.6 Å². The lowest BCUT2D eigenvalue weighted by atomic mass is 10.2. The third kappa shape index (κ3) is 4.60. The van der Waals surface area contributed by atoms with Crippen LogP contribution in [0.4, 0.5) is 5.69 Å². The maximum atomic E-state index is 11.8. The summed E-state index contributed by atoms with van der Waals surface area (Å²) < 4.78 is 31.2. The first-order chi connectivity index (χ1) is 9.96. The summed E-state index contributed by atoms with van der Waals surface area (Å²) in [5, 5.41) is 8.51. The Morgan fingerprint density at radius 2 is 2.19 bits per heavy atom. The summed E-state index contributed by atoms with van der Waals surface area (Å²) in [7, 11) is -3.58. The quantitative estimate of drug-likeness (QED) is 0.809. The lowest BCUT2D eigenvalue weighted by Crippen LogP contribution is -2.17. The largest absolute Gasteiger partial charge is 0.481 e. The molecule has 0 aliphatic carbocycles. The third-order valence-electron chi connectivity index (χ3n) is 2.66. The number of nitrogens with one attached hydrogen (secondary N) is 1. The Morgan fingerprint density at radius 1 is 1.38 bits per heavy atom. The van der Waals surface area contributed by atoms with Crippen LogP contribution in [0.2, 0.25) is 0 Å². The van der Waals surface area contributed by atoms with E-state index in [0.717, 1.165) is 0 Å². The molecule has 0 amide bonds.